The molecular formula is C27H33N7O3. The number of aromatic nitrogens is 3. The van der Waals surface area contributed by atoms with E-state index in [4.69, 9.17) is 4.74 Å². The number of hydrogen-bond donors (Lipinski definition) is 3. The molecule has 2 aliphatic heterocycles. The van der Waals surface area contributed by atoms with E-state index < -0.39 is 0 Å². The number of anilines is 1. The van der Waals surface area contributed by atoms with E-state index in [0.717, 1.165) is 54.5 Å². The monoisotopic (exact) mass is 503 g/mol. The molecule has 6 rings (SSSR count). The third-order valence-electron chi connectivity index (χ3n) is 8.19. The molecule has 2 amide bonds. The van der Waals surface area contributed by atoms with Crippen LogP contribution in [0.2, 0.25) is 0 Å². The predicted molar refractivity (Wildman–Crippen MR) is 139 cm³/mol. The third kappa shape index (κ3) is 4.61. The zero-order valence-corrected chi connectivity index (χ0v) is 21.1. The number of methoxy groups -OCH3 is 1. The Hall–Kier alpha value is -3.66. The van der Waals surface area contributed by atoms with E-state index in [2.05, 4.69) is 30.7 Å². The van der Waals surface area contributed by atoms with Crippen LogP contribution >= 0.6 is 0 Å². The fourth-order valence-corrected chi connectivity index (χ4v) is 6.14. The Bertz CT molecular complexity index is 1300. The van der Waals surface area contributed by atoms with Gasteiger partial charge in [-0.15, -0.1) is 0 Å². The summed E-state index contributed by atoms with van der Waals surface area (Å²) in [4.78, 5) is 42.0. The molecule has 3 aliphatic rings. The second-order valence-electron chi connectivity index (χ2n) is 10.3. The number of benzene rings is 1. The number of piperazine rings is 1. The average Bonchev–Trinajstić information content (AvgIpc) is 3.42. The first-order chi connectivity index (χ1) is 18.1. The van der Waals surface area contributed by atoms with E-state index in [9.17, 15) is 9.59 Å². The van der Waals surface area contributed by atoms with Crippen LogP contribution in [0, 0.1) is 11.8 Å². The predicted octanol–water partition coefficient (Wildman–Crippen LogP) is 2.28. The van der Waals surface area contributed by atoms with E-state index in [1.165, 1.54) is 0 Å². The number of hydrazine groups is 1. The summed E-state index contributed by atoms with van der Waals surface area (Å²) in [6.45, 7) is 2.61. The molecule has 194 valence electrons. The molecule has 0 bridgehead atoms. The minimum Gasteiger partial charge on any atom is -0.496 e. The normalized spacial score (nSPS) is 24.0. The Balaban J connectivity index is 1.15. The number of rotatable bonds is 5. The summed E-state index contributed by atoms with van der Waals surface area (Å²) in [6, 6.07) is 8.02. The topological polar surface area (TPSA) is 115 Å². The molecule has 10 nitrogen and oxygen atoms in total. The van der Waals surface area contributed by atoms with Crippen molar-refractivity contribution in [2.24, 2.45) is 11.8 Å². The number of aromatic amines is 1. The molecule has 3 atom stereocenters. The van der Waals surface area contributed by atoms with Gasteiger partial charge in [-0.25, -0.2) is 15.4 Å². The van der Waals surface area contributed by atoms with Gasteiger partial charge in [0.05, 0.1) is 36.2 Å². The Morgan fingerprint density at radius 3 is 2.78 bits per heavy atom. The van der Waals surface area contributed by atoms with Crippen molar-refractivity contribution < 1.29 is 14.3 Å². The fourth-order valence-electron chi connectivity index (χ4n) is 6.14. The molecule has 37 heavy (non-hydrogen) atoms. The molecule has 2 aromatic heterocycles. The van der Waals surface area contributed by atoms with Crippen LogP contribution in [0.15, 0.2) is 36.8 Å². The van der Waals surface area contributed by atoms with E-state index >= 15 is 0 Å². The van der Waals surface area contributed by atoms with Crippen molar-refractivity contribution in [2.45, 2.75) is 38.1 Å². The number of hydrogen-bond acceptors (Lipinski definition) is 7. The summed E-state index contributed by atoms with van der Waals surface area (Å²) in [7, 11) is 1.60. The molecule has 0 spiro atoms. The van der Waals surface area contributed by atoms with Crippen molar-refractivity contribution in [3.05, 3.63) is 47.9 Å². The largest absolute Gasteiger partial charge is 0.496 e. The number of carbonyl (C=O) groups is 2. The lowest BCUT2D eigenvalue weighted by Gasteiger charge is -2.41. The summed E-state index contributed by atoms with van der Waals surface area (Å²) >= 11 is 0. The number of imidazole rings is 1. The maximum atomic E-state index is 13.6. The van der Waals surface area contributed by atoms with Gasteiger partial charge in [-0.05, 0) is 42.9 Å². The second kappa shape index (κ2) is 10.0. The average molecular weight is 504 g/mol. The lowest BCUT2D eigenvalue weighted by molar-refractivity contribution is -0.133. The lowest BCUT2D eigenvalue weighted by Crippen LogP contribution is -2.60. The SMILES string of the molecule is COc1ccc(CC2NNC(=O)C3CCCCC23)cc1C(=O)N1CCN(c2cc3nc[nH]c3cn2)CC1. The fraction of sp³-hybridized carbons (Fsp3) is 0.481. The highest BCUT2D eigenvalue weighted by Crippen LogP contribution is 2.36. The highest BCUT2D eigenvalue weighted by atomic mass is 16.5. The van der Waals surface area contributed by atoms with Crippen LogP contribution in [-0.4, -0.2) is 71.0 Å². The van der Waals surface area contributed by atoms with Gasteiger partial charge in [-0.1, -0.05) is 18.9 Å². The van der Waals surface area contributed by atoms with Crippen molar-refractivity contribution in [3.63, 3.8) is 0 Å². The Morgan fingerprint density at radius 1 is 1.11 bits per heavy atom. The maximum absolute atomic E-state index is 13.6. The number of pyridine rings is 1. The van der Waals surface area contributed by atoms with Gasteiger partial charge in [-0.3, -0.25) is 15.0 Å². The standard InChI is InChI=1S/C27H33N7O3/c1-37-24-7-6-17(13-21-18-4-2-3-5-19(18)26(35)32-31-21)12-20(24)27(36)34-10-8-33(9-11-34)25-14-22-23(15-28-25)30-16-29-22/h6-7,12,14-16,18-19,21,31H,2-5,8-11,13H2,1H3,(H,29,30)(H,32,35). The van der Waals surface area contributed by atoms with E-state index in [-0.39, 0.29) is 23.8 Å². The van der Waals surface area contributed by atoms with Crippen molar-refractivity contribution >= 4 is 28.7 Å². The summed E-state index contributed by atoms with van der Waals surface area (Å²) in [5.41, 5.74) is 9.58. The number of H-pyrrole nitrogens is 1. The van der Waals surface area contributed by atoms with Crippen molar-refractivity contribution in [2.75, 3.05) is 38.2 Å². The molecule has 2 saturated heterocycles. The van der Waals surface area contributed by atoms with Crippen molar-refractivity contribution in [1.82, 2.24) is 30.7 Å². The molecule has 10 heteroatoms. The summed E-state index contributed by atoms with van der Waals surface area (Å²) < 4.78 is 5.58. The molecule has 1 aliphatic carbocycles. The highest BCUT2D eigenvalue weighted by molar-refractivity contribution is 5.97. The van der Waals surface area contributed by atoms with Gasteiger partial charge in [-0.2, -0.15) is 0 Å². The van der Waals surface area contributed by atoms with E-state index in [1.807, 2.05) is 29.2 Å². The number of nitrogens with zero attached hydrogens (tertiary/aromatic N) is 4. The van der Waals surface area contributed by atoms with Crippen molar-refractivity contribution in [1.29, 1.82) is 0 Å². The first-order valence-corrected chi connectivity index (χ1v) is 13.2. The Kier molecular flexibility index (Phi) is 6.42. The quantitative estimate of drug-likeness (QED) is 0.489. The van der Waals surface area contributed by atoms with Gasteiger partial charge in [0.15, 0.2) is 0 Å². The number of ether oxygens (including phenoxy) is 1. The van der Waals surface area contributed by atoms with Crippen LogP contribution in [0.4, 0.5) is 5.82 Å². The van der Waals surface area contributed by atoms with Crippen LogP contribution in [0.5, 0.6) is 5.75 Å². The number of amides is 2. The molecule has 1 saturated carbocycles. The zero-order chi connectivity index (χ0) is 25.4. The first-order valence-electron chi connectivity index (χ1n) is 13.2. The molecule has 0 radical (unpaired) electrons. The van der Waals surface area contributed by atoms with Crippen LogP contribution in [-0.2, 0) is 11.2 Å². The summed E-state index contributed by atoms with van der Waals surface area (Å²) in [5.74, 6) is 1.96. The summed E-state index contributed by atoms with van der Waals surface area (Å²) in [6.07, 6.45) is 8.51. The van der Waals surface area contributed by atoms with Gasteiger partial charge in [0, 0.05) is 44.2 Å². The molecular weight excluding hydrogens is 470 g/mol. The van der Waals surface area contributed by atoms with Gasteiger partial charge in [0.25, 0.3) is 5.91 Å². The zero-order valence-electron chi connectivity index (χ0n) is 21.1. The minimum absolute atomic E-state index is 0.0190. The van der Waals surface area contributed by atoms with Gasteiger partial charge in [0.2, 0.25) is 5.91 Å². The van der Waals surface area contributed by atoms with E-state index in [0.29, 0.717) is 43.4 Å². The van der Waals surface area contributed by atoms with Crippen LogP contribution in [0.25, 0.3) is 11.0 Å². The Labute approximate surface area is 215 Å². The second-order valence-corrected chi connectivity index (χ2v) is 10.3. The van der Waals surface area contributed by atoms with Crippen molar-refractivity contribution in [3.8, 4) is 5.75 Å². The summed E-state index contributed by atoms with van der Waals surface area (Å²) in [5, 5.41) is 0. The number of fused-ring (bicyclic) bond motifs is 2. The van der Waals surface area contributed by atoms with Crippen LogP contribution < -0.4 is 20.5 Å². The minimum atomic E-state index is -0.0190. The van der Waals surface area contributed by atoms with Crippen LogP contribution in [0.3, 0.4) is 0 Å². The molecule has 1 aromatic carbocycles. The molecule has 4 heterocycles. The molecule has 3 unspecified atom stereocenters. The first kappa shape index (κ1) is 23.7. The number of nitrogens with one attached hydrogen (secondary N) is 3. The lowest BCUT2D eigenvalue weighted by atomic mass is 9.72. The van der Waals surface area contributed by atoms with Crippen LogP contribution in [0.1, 0.15) is 41.6 Å². The molecule has 3 N–H and O–H groups in total. The maximum Gasteiger partial charge on any atom is 0.257 e. The molecule has 3 aromatic rings. The smallest absolute Gasteiger partial charge is 0.257 e. The third-order valence-corrected chi connectivity index (χ3v) is 8.19. The van der Waals surface area contributed by atoms with Gasteiger partial charge >= 0.3 is 0 Å². The highest BCUT2D eigenvalue weighted by Gasteiger charge is 2.40. The molecule has 3 fully saturated rings. The number of carbonyl (C=O) groups excluding carboxylic acids is 2. The van der Waals surface area contributed by atoms with E-state index in [1.54, 1.807) is 19.6 Å². The van der Waals surface area contributed by atoms with Gasteiger partial charge in [0.1, 0.15) is 11.6 Å². The Morgan fingerprint density at radius 2 is 1.95 bits per heavy atom. The van der Waals surface area contributed by atoms with Gasteiger partial charge < -0.3 is 19.5 Å².